The fraction of sp³-hybridized carbons (Fsp3) is 0.917. The van der Waals surface area contributed by atoms with Gasteiger partial charge in [0.25, 0.3) is 0 Å². The minimum absolute atomic E-state index is 0.0352. The number of rotatable bonds is 5. The molecule has 2 fully saturated rings. The summed E-state index contributed by atoms with van der Waals surface area (Å²) in [5.74, 6) is 0. The maximum atomic E-state index is 11.8. The normalized spacial score (nSPS) is 30.2. The predicted molar refractivity (Wildman–Crippen MR) is 74.9 cm³/mol. The average molecular weight is 305 g/mol. The third-order valence-corrected chi connectivity index (χ3v) is 5.34. The lowest BCUT2D eigenvalue weighted by molar-refractivity contribution is 0.186. The number of nitrogens with one attached hydrogen (secondary N) is 2. The molecule has 2 aliphatic heterocycles. The fourth-order valence-electron chi connectivity index (χ4n) is 3.30. The highest BCUT2D eigenvalue weighted by molar-refractivity contribution is 7.88. The van der Waals surface area contributed by atoms with Gasteiger partial charge in [0.2, 0.25) is 10.0 Å². The molecular formula is C12H23N3O4S. The van der Waals surface area contributed by atoms with Gasteiger partial charge in [0.15, 0.2) is 0 Å². The molecule has 2 saturated heterocycles. The van der Waals surface area contributed by atoms with Gasteiger partial charge >= 0.3 is 6.03 Å². The van der Waals surface area contributed by atoms with Gasteiger partial charge in [-0.2, -0.15) is 4.31 Å². The van der Waals surface area contributed by atoms with Crippen molar-refractivity contribution < 1.29 is 17.9 Å². The maximum absolute atomic E-state index is 11.8. The van der Waals surface area contributed by atoms with Crippen LogP contribution in [-0.2, 0) is 14.8 Å². The summed E-state index contributed by atoms with van der Waals surface area (Å²) >= 11 is 0. The van der Waals surface area contributed by atoms with Gasteiger partial charge in [-0.3, -0.25) is 0 Å². The third kappa shape index (κ3) is 3.62. The molecule has 2 unspecified atom stereocenters. The zero-order valence-electron chi connectivity index (χ0n) is 12.0. The molecule has 0 saturated carbocycles. The Kier molecular flexibility index (Phi) is 4.87. The minimum atomic E-state index is -3.14. The average Bonchev–Trinajstić information content (AvgIpc) is 2.62. The highest BCUT2D eigenvalue weighted by atomic mass is 32.2. The van der Waals surface area contributed by atoms with Gasteiger partial charge in [0, 0.05) is 31.8 Å². The zero-order valence-corrected chi connectivity index (χ0v) is 12.8. The first-order chi connectivity index (χ1) is 9.41. The number of hydrogen-bond acceptors (Lipinski definition) is 4. The number of carbonyl (C=O) groups excluding carboxylic acids is 1. The molecule has 8 heteroatoms. The first-order valence-electron chi connectivity index (χ1n) is 6.93. The van der Waals surface area contributed by atoms with Crippen LogP contribution in [0.15, 0.2) is 0 Å². The number of nitrogens with zero attached hydrogens (tertiary/aromatic N) is 1. The van der Waals surface area contributed by atoms with Crippen LogP contribution in [0.1, 0.15) is 25.7 Å². The van der Waals surface area contributed by atoms with E-state index in [1.165, 1.54) is 6.26 Å². The van der Waals surface area contributed by atoms with Crippen LogP contribution in [0.2, 0.25) is 0 Å². The predicted octanol–water partition coefficient (Wildman–Crippen LogP) is -0.113. The molecule has 7 nitrogen and oxygen atoms in total. The number of ether oxygens (including phenoxy) is 1. The van der Waals surface area contributed by atoms with Crippen molar-refractivity contribution in [3.63, 3.8) is 0 Å². The summed E-state index contributed by atoms with van der Waals surface area (Å²) in [5, 5.41) is 5.64. The Bertz CT molecular complexity index is 440. The van der Waals surface area contributed by atoms with Crippen molar-refractivity contribution in [3.8, 4) is 0 Å². The second-order valence-corrected chi connectivity index (χ2v) is 7.43. The van der Waals surface area contributed by atoms with E-state index >= 15 is 0 Å². The first kappa shape index (κ1) is 15.5. The number of carbonyl (C=O) groups is 1. The van der Waals surface area contributed by atoms with Crippen molar-refractivity contribution in [1.82, 2.24) is 14.9 Å². The van der Waals surface area contributed by atoms with E-state index in [0.29, 0.717) is 26.0 Å². The van der Waals surface area contributed by atoms with E-state index in [1.807, 2.05) is 0 Å². The summed E-state index contributed by atoms with van der Waals surface area (Å²) in [5.41, 5.74) is 0. The maximum Gasteiger partial charge on any atom is 0.315 e. The van der Waals surface area contributed by atoms with E-state index in [2.05, 4.69) is 10.6 Å². The summed E-state index contributed by atoms with van der Waals surface area (Å²) in [6.07, 6.45) is 4.44. The van der Waals surface area contributed by atoms with Gasteiger partial charge in [-0.05, 0) is 25.7 Å². The number of sulfonamides is 1. The zero-order chi connectivity index (χ0) is 14.8. The van der Waals surface area contributed by atoms with Crippen molar-refractivity contribution in [2.45, 2.75) is 43.8 Å². The lowest BCUT2D eigenvalue weighted by Gasteiger charge is -2.37. The van der Waals surface area contributed by atoms with Crippen LogP contribution in [0.3, 0.4) is 0 Å². The summed E-state index contributed by atoms with van der Waals surface area (Å²) in [4.78, 5) is 11.7. The van der Waals surface area contributed by atoms with Gasteiger partial charge in [-0.15, -0.1) is 0 Å². The lowest BCUT2D eigenvalue weighted by atomic mass is 10.00. The Morgan fingerprint density at radius 2 is 1.90 bits per heavy atom. The van der Waals surface area contributed by atoms with Gasteiger partial charge in [0.1, 0.15) is 0 Å². The molecule has 0 spiro atoms. The van der Waals surface area contributed by atoms with Crippen molar-refractivity contribution in [2.75, 3.05) is 26.5 Å². The molecule has 20 heavy (non-hydrogen) atoms. The molecule has 2 bridgehead atoms. The van der Waals surface area contributed by atoms with E-state index in [-0.39, 0.29) is 24.2 Å². The molecule has 0 aromatic rings. The van der Waals surface area contributed by atoms with Gasteiger partial charge in [-0.25, -0.2) is 13.2 Å². The summed E-state index contributed by atoms with van der Waals surface area (Å²) in [6.45, 7) is 0.947. The van der Waals surface area contributed by atoms with Crippen molar-refractivity contribution in [2.24, 2.45) is 0 Å². The highest BCUT2D eigenvalue weighted by Crippen LogP contribution is 2.37. The number of amides is 2. The van der Waals surface area contributed by atoms with Crippen LogP contribution in [0.5, 0.6) is 0 Å². The van der Waals surface area contributed by atoms with Crippen molar-refractivity contribution in [3.05, 3.63) is 0 Å². The molecule has 0 aromatic heterocycles. The second kappa shape index (κ2) is 6.28. The van der Waals surface area contributed by atoms with Crippen LogP contribution in [-0.4, -0.2) is 63.4 Å². The van der Waals surface area contributed by atoms with Gasteiger partial charge in [0.05, 0.1) is 12.9 Å². The number of fused-ring (bicyclic) bond motifs is 2. The van der Waals surface area contributed by atoms with Crippen LogP contribution in [0, 0.1) is 0 Å². The SMILES string of the molecule is COCCNC(=O)NC1CC2CCC(C1)N2S(C)(=O)=O. The summed E-state index contributed by atoms with van der Waals surface area (Å²) < 4.78 is 30.0. The second-order valence-electron chi connectivity index (χ2n) is 5.54. The summed E-state index contributed by atoms with van der Waals surface area (Å²) in [6, 6.07) is -0.0895. The van der Waals surface area contributed by atoms with E-state index in [9.17, 15) is 13.2 Å². The van der Waals surface area contributed by atoms with Crippen molar-refractivity contribution in [1.29, 1.82) is 0 Å². The Morgan fingerprint density at radius 1 is 1.30 bits per heavy atom. The number of piperidine rings is 1. The quantitative estimate of drug-likeness (QED) is 0.694. The van der Waals surface area contributed by atoms with Crippen LogP contribution in [0.4, 0.5) is 4.79 Å². The molecule has 0 aliphatic carbocycles. The fourth-order valence-corrected chi connectivity index (χ4v) is 4.76. The molecule has 2 amide bonds. The Hall–Kier alpha value is -0.860. The largest absolute Gasteiger partial charge is 0.383 e. The van der Waals surface area contributed by atoms with Crippen LogP contribution >= 0.6 is 0 Å². The molecule has 2 heterocycles. The molecule has 2 atom stereocenters. The Morgan fingerprint density at radius 3 is 2.40 bits per heavy atom. The molecule has 2 rings (SSSR count). The minimum Gasteiger partial charge on any atom is -0.383 e. The van der Waals surface area contributed by atoms with E-state index < -0.39 is 10.0 Å². The van der Waals surface area contributed by atoms with E-state index in [4.69, 9.17) is 4.74 Å². The molecule has 0 aromatic carbocycles. The Labute approximate surface area is 120 Å². The standard InChI is InChI=1S/C12H23N3O4S/c1-19-6-5-13-12(16)14-9-7-10-3-4-11(8-9)15(10)20(2,17)18/h9-11H,3-8H2,1-2H3,(H2,13,14,16). The van der Waals surface area contributed by atoms with Crippen LogP contribution in [0.25, 0.3) is 0 Å². The van der Waals surface area contributed by atoms with Gasteiger partial charge < -0.3 is 15.4 Å². The monoisotopic (exact) mass is 305 g/mol. The van der Waals surface area contributed by atoms with E-state index in [1.54, 1.807) is 11.4 Å². The smallest absolute Gasteiger partial charge is 0.315 e. The van der Waals surface area contributed by atoms with Crippen LogP contribution < -0.4 is 10.6 Å². The van der Waals surface area contributed by atoms with E-state index in [0.717, 1.165) is 12.8 Å². The molecule has 0 radical (unpaired) electrons. The third-order valence-electron chi connectivity index (χ3n) is 3.98. The topological polar surface area (TPSA) is 87.7 Å². The van der Waals surface area contributed by atoms with Gasteiger partial charge in [-0.1, -0.05) is 0 Å². The molecule has 116 valence electrons. The summed E-state index contributed by atoms with van der Waals surface area (Å²) in [7, 11) is -1.56. The number of methoxy groups -OCH3 is 1. The molecular weight excluding hydrogens is 282 g/mol. The highest BCUT2D eigenvalue weighted by Gasteiger charge is 2.45. The lowest BCUT2D eigenvalue weighted by Crippen LogP contribution is -2.53. The first-order valence-corrected chi connectivity index (χ1v) is 8.78. The Balaban J connectivity index is 1.85. The molecule has 2 N–H and O–H groups in total. The number of hydrogen-bond donors (Lipinski definition) is 2. The van der Waals surface area contributed by atoms with Crippen molar-refractivity contribution >= 4 is 16.1 Å². The number of urea groups is 1. The molecule has 2 aliphatic rings.